The Labute approximate surface area is 163 Å². The second-order valence-corrected chi connectivity index (χ2v) is 7.00. The van der Waals surface area contributed by atoms with E-state index in [1.807, 2.05) is 29.0 Å². The first-order chi connectivity index (χ1) is 13.7. The van der Waals surface area contributed by atoms with Crippen LogP contribution >= 0.6 is 0 Å². The Morgan fingerprint density at radius 3 is 2.71 bits per heavy atom. The normalized spacial score (nSPS) is 13.5. The van der Waals surface area contributed by atoms with Crippen LogP contribution in [0.2, 0.25) is 0 Å². The number of ether oxygens (including phenoxy) is 1. The fourth-order valence-corrected chi connectivity index (χ4v) is 3.07. The van der Waals surface area contributed by atoms with Crippen molar-refractivity contribution in [1.29, 1.82) is 0 Å². The summed E-state index contributed by atoms with van der Waals surface area (Å²) >= 11 is 0. The van der Waals surface area contributed by atoms with Crippen LogP contribution in [0, 0.1) is 5.92 Å². The minimum absolute atomic E-state index is 0.0863. The van der Waals surface area contributed by atoms with E-state index in [4.69, 9.17) is 4.74 Å². The summed E-state index contributed by atoms with van der Waals surface area (Å²) in [5.74, 6) is 1.21. The lowest BCUT2D eigenvalue weighted by atomic mass is 10.1. The average Bonchev–Trinajstić information content (AvgIpc) is 3.45. The van der Waals surface area contributed by atoms with E-state index in [0.29, 0.717) is 30.6 Å². The van der Waals surface area contributed by atoms with Crippen molar-refractivity contribution in [3.63, 3.8) is 0 Å². The highest BCUT2D eigenvalue weighted by Crippen LogP contribution is 2.32. The van der Waals surface area contributed by atoms with E-state index in [0.717, 1.165) is 23.2 Å². The van der Waals surface area contributed by atoms with Gasteiger partial charge in [0.05, 0.1) is 6.61 Å². The van der Waals surface area contributed by atoms with Gasteiger partial charge in [0.25, 0.3) is 5.91 Å². The highest BCUT2D eigenvalue weighted by Gasteiger charge is 2.24. The van der Waals surface area contributed by atoms with Crippen molar-refractivity contribution in [2.24, 2.45) is 5.92 Å². The number of nitrogens with zero attached hydrogens (tertiary/aromatic N) is 4. The maximum atomic E-state index is 12.6. The molecule has 1 aliphatic carbocycles. The van der Waals surface area contributed by atoms with E-state index < -0.39 is 0 Å². The number of carbonyl (C=O) groups excluding carboxylic acids is 1. The van der Waals surface area contributed by atoms with E-state index in [2.05, 4.69) is 20.3 Å². The number of hydrogen-bond acceptors (Lipinski definition) is 5. The van der Waals surface area contributed by atoms with Gasteiger partial charge in [0, 0.05) is 67.9 Å². The fourth-order valence-electron chi connectivity index (χ4n) is 3.07. The van der Waals surface area contributed by atoms with Crippen molar-refractivity contribution in [3.05, 3.63) is 54.9 Å². The average molecular weight is 377 g/mol. The highest BCUT2D eigenvalue weighted by atomic mass is 16.5. The smallest absolute Gasteiger partial charge is 0.268 e. The van der Waals surface area contributed by atoms with Crippen LogP contribution in [0.4, 0.5) is 0 Å². The van der Waals surface area contributed by atoms with Crippen LogP contribution in [0.15, 0.2) is 49.2 Å². The zero-order valence-electron chi connectivity index (χ0n) is 15.8. The molecule has 1 saturated carbocycles. The Hall–Kier alpha value is -3.06. The molecule has 0 saturated heterocycles. The number of nitrogens with one attached hydrogen (secondary N) is 1. The van der Waals surface area contributed by atoms with Gasteiger partial charge in [-0.3, -0.25) is 9.78 Å². The molecule has 7 heteroatoms. The quantitative estimate of drug-likeness (QED) is 0.611. The molecule has 0 aliphatic heterocycles. The molecule has 1 fully saturated rings. The van der Waals surface area contributed by atoms with E-state index in [1.165, 1.54) is 12.8 Å². The van der Waals surface area contributed by atoms with Crippen LogP contribution in [0.5, 0.6) is 0 Å². The van der Waals surface area contributed by atoms with Crippen molar-refractivity contribution in [1.82, 2.24) is 24.8 Å². The first-order valence-corrected chi connectivity index (χ1v) is 9.44. The van der Waals surface area contributed by atoms with Crippen molar-refractivity contribution in [2.75, 3.05) is 20.3 Å². The Morgan fingerprint density at radius 1 is 1.21 bits per heavy atom. The van der Waals surface area contributed by atoms with Gasteiger partial charge in [-0.15, -0.1) is 0 Å². The van der Waals surface area contributed by atoms with E-state index in [-0.39, 0.29) is 5.91 Å². The van der Waals surface area contributed by atoms with E-state index >= 15 is 0 Å². The Kier molecular flexibility index (Phi) is 5.43. The molecule has 3 aromatic heterocycles. The number of hydrogen-bond donors (Lipinski definition) is 1. The topological polar surface area (TPSA) is 81.9 Å². The summed E-state index contributed by atoms with van der Waals surface area (Å²) in [7, 11) is 1.62. The number of rotatable bonds is 8. The molecule has 7 nitrogen and oxygen atoms in total. The molecule has 144 valence electrons. The molecule has 0 radical (unpaired) electrons. The maximum absolute atomic E-state index is 12.6. The number of pyridine rings is 1. The van der Waals surface area contributed by atoms with Crippen LogP contribution in [0.1, 0.15) is 23.3 Å². The summed E-state index contributed by atoms with van der Waals surface area (Å²) < 4.78 is 7.06. The van der Waals surface area contributed by atoms with Crippen LogP contribution in [-0.4, -0.2) is 45.7 Å². The van der Waals surface area contributed by atoms with Crippen molar-refractivity contribution in [3.8, 4) is 22.5 Å². The largest absolute Gasteiger partial charge is 0.383 e. The highest BCUT2D eigenvalue weighted by molar-refractivity contribution is 5.94. The number of carbonyl (C=O) groups is 1. The van der Waals surface area contributed by atoms with Crippen LogP contribution in [0.3, 0.4) is 0 Å². The number of aromatic nitrogens is 4. The second-order valence-electron chi connectivity index (χ2n) is 7.00. The van der Waals surface area contributed by atoms with Crippen molar-refractivity contribution < 1.29 is 9.53 Å². The third-order valence-electron chi connectivity index (χ3n) is 4.78. The molecule has 1 aliphatic rings. The summed E-state index contributed by atoms with van der Waals surface area (Å²) in [4.78, 5) is 25.6. The van der Waals surface area contributed by atoms with Crippen molar-refractivity contribution >= 4 is 5.91 Å². The van der Waals surface area contributed by atoms with Gasteiger partial charge in [-0.2, -0.15) is 0 Å². The molecule has 1 N–H and O–H groups in total. The standard InChI is InChI=1S/C21H23N5O2/c1-28-8-7-23-21(27)19-9-17(14-26(19)13-15-4-5-15)18-11-24-20(25-12-18)16-3-2-6-22-10-16/h2-3,6,9-12,14-15H,4-5,7-8,13H2,1H3,(H,23,27). The zero-order valence-corrected chi connectivity index (χ0v) is 15.8. The Morgan fingerprint density at radius 2 is 2.04 bits per heavy atom. The predicted octanol–water partition coefficient (Wildman–Crippen LogP) is 2.79. The summed E-state index contributed by atoms with van der Waals surface area (Å²) in [5.41, 5.74) is 3.36. The third-order valence-corrected chi connectivity index (χ3v) is 4.78. The number of amides is 1. The molecule has 1 amide bonds. The molecule has 0 bridgehead atoms. The van der Waals surface area contributed by atoms with E-state index in [9.17, 15) is 4.79 Å². The molecule has 4 rings (SSSR count). The van der Waals surface area contributed by atoms with Gasteiger partial charge in [-0.25, -0.2) is 9.97 Å². The Bertz CT molecular complexity index is 933. The van der Waals surface area contributed by atoms with Gasteiger partial charge in [0.15, 0.2) is 5.82 Å². The molecular formula is C21H23N5O2. The predicted molar refractivity (Wildman–Crippen MR) is 106 cm³/mol. The van der Waals surface area contributed by atoms with Gasteiger partial charge in [0.1, 0.15) is 5.69 Å². The van der Waals surface area contributed by atoms with Gasteiger partial charge in [-0.05, 0) is 37.0 Å². The minimum atomic E-state index is -0.0863. The number of methoxy groups -OCH3 is 1. The lowest BCUT2D eigenvalue weighted by molar-refractivity contribution is 0.0927. The van der Waals surface area contributed by atoms with Crippen LogP contribution in [-0.2, 0) is 11.3 Å². The SMILES string of the molecule is COCCNC(=O)c1cc(-c2cnc(-c3cccnc3)nc2)cn1CC1CC1. The summed E-state index contributed by atoms with van der Waals surface area (Å²) in [6.07, 6.45) is 11.5. The van der Waals surface area contributed by atoms with Gasteiger partial charge >= 0.3 is 0 Å². The van der Waals surface area contributed by atoms with Gasteiger partial charge in [-0.1, -0.05) is 0 Å². The molecule has 28 heavy (non-hydrogen) atoms. The third kappa shape index (κ3) is 4.26. The summed E-state index contributed by atoms with van der Waals surface area (Å²) in [6, 6.07) is 5.70. The summed E-state index contributed by atoms with van der Waals surface area (Å²) in [5, 5.41) is 2.91. The van der Waals surface area contributed by atoms with Crippen LogP contribution in [0.25, 0.3) is 22.5 Å². The molecular weight excluding hydrogens is 354 g/mol. The first-order valence-electron chi connectivity index (χ1n) is 9.44. The maximum Gasteiger partial charge on any atom is 0.268 e. The molecule has 3 heterocycles. The molecule has 3 aromatic rings. The minimum Gasteiger partial charge on any atom is -0.383 e. The van der Waals surface area contributed by atoms with E-state index in [1.54, 1.807) is 31.9 Å². The monoisotopic (exact) mass is 377 g/mol. The first kappa shape index (κ1) is 18.3. The molecule has 0 unspecified atom stereocenters. The van der Waals surface area contributed by atoms with Gasteiger partial charge < -0.3 is 14.6 Å². The molecule has 0 spiro atoms. The van der Waals surface area contributed by atoms with Crippen molar-refractivity contribution in [2.45, 2.75) is 19.4 Å². The zero-order chi connectivity index (χ0) is 19.3. The van der Waals surface area contributed by atoms with Crippen LogP contribution < -0.4 is 5.32 Å². The lowest BCUT2D eigenvalue weighted by Gasteiger charge is -2.08. The fraction of sp³-hybridized carbons (Fsp3) is 0.333. The van der Waals surface area contributed by atoms with Gasteiger partial charge in [0.2, 0.25) is 0 Å². The molecule has 0 aromatic carbocycles. The molecule has 0 atom stereocenters. The Balaban J connectivity index is 1.57. The second kappa shape index (κ2) is 8.31. The lowest BCUT2D eigenvalue weighted by Crippen LogP contribution is -2.29. The summed E-state index contributed by atoms with van der Waals surface area (Å²) in [6.45, 7) is 1.84.